The predicted molar refractivity (Wildman–Crippen MR) is 205 cm³/mol. The fourth-order valence-corrected chi connectivity index (χ4v) is 6.65. The summed E-state index contributed by atoms with van der Waals surface area (Å²) in [5.74, 6) is -1.94. The molecule has 2 N–H and O–H groups in total. The maximum absolute atomic E-state index is 12.4. The van der Waals surface area contributed by atoms with Crippen LogP contribution >= 0.6 is 23.2 Å². The smallest absolute Gasteiger partial charge is 0.344 e. The number of carboxylic acid groups (broad SMARTS) is 2. The summed E-state index contributed by atoms with van der Waals surface area (Å²) < 4.78 is 41.3. The first-order chi connectivity index (χ1) is 24.9. The number of halogens is 2. The molecule has 12 heteroatoms. The number of carboxylic acids is 2. The van der Waals surface area contributed by atoms with Gasteiger partial charge in [0.25, 0.3) is 0 Å². The highest BCUT2D eigenvalue weighted by molar-refractivity contribution is 7.92. The van der Waals surface area contributed by atoms with Crippen LogP contribution in [0.1, 0.15) is 41.5 Å². The Morgan fingerprint density at radius 2 is 1.38 bits per heavy atom. The molecule has 278 valence electrons. The lowest BCUT2D eigenvalue weighted by atomic mass is 10.2. The van der Waals surface area contributed by atoms with Gasteiger partial charge in [-0.15, -0.1) is 0 Å². The van der Waals surface area contributed by atoms with E-state index in [1.807, 2.05) is 97.9 Å². The van der Waals surface area contributed by atoms with Gasteiger partial charge in [-0.3, -0.25) is 4.79 Å². The van der Waals surface area contributed by atoms with Gasteiger partial charge in [-0.05, 0) is 79.3 Å². The molecule has 0 aliphatic rings. The standard InChI is InChI=1S/C20H23ClO5S.C20H21ClO4/c21-18-10-8-17(9-11-18)15-26-13-4-7-19(20(22)23)27(24,25)14-12-16-5-2-1-3-6-16;1-15-4-10-18(11-5-15)25-19(20(22)23)12-14-24-13-2-3-16-6-8-17(21)9-7-16/h1-3,5-6,8-11,19H,4,7,12-15H2,(H,22,23);2-11,19H,12-14H2,1H3,(H,22,23). The van der Waals surface area contributed by atoms with Crippen LogP contribution in [0.15, 0.2) is 109 Å². The van der Waals surface area contributed by atoms with E-state index in [4.69, 9.17) is 37.4 Å². The van der Waals surface area contributed by atoms with Crippen molar-refractivity contribution in [3.05, 3.63) is 142 Å². The number of sulfone groups is 1. The van der Waals surface area contributed by atoms with Crippen LogP contribution < -0.4 is 4.74 Å². The van der Waals surface area contributed by atoms with Gasteiger partial charge in [0.2, 0.25) is 0 Å². The van der Waals surface area contributed by atoms with Crippen molar-refractivity contribution in [2.24, 2.45) is 0 Å². The summed E-state index contributed by atoms with van der Waals surface area (Å²) in [5, 5.41) is 18.5. The van der Waals surface area contributed by atoms with E-state index < -0.39 is 33.1 Å². The molecule has 0 aliphatic heterocycles. The summed E-state index contributed by atoms with van der Waals surface area (Å²) in [6.07, 6.45) is 3.84. The van der Waals surface area contributed by atoms with Crippen LogP contribution in [-0.2, 0) is 41.9 Å². The van der Waals surface area contributed by atoms with E-state index in [0.29, 0.717) is 55.1 Å². The number of benzene rings is 4. The third kappa shape index (κ3) is 16.4. The van der Waals surface area contributed by atoms with Crippen LogP contribution in [0, 0.1) is 6.92 Å². The number of hydrogen-bond donors (Lipinski definition) is 2. The van der Waals surface area contributed by atoms with Crippen molar-refractivity contribution in [1.29, 1.82) is 0 Å². The van der Waals surface area contributed by atoms with E-state index in [-0.39, 0.29) is 18.6 Å². The van der Waals surface area contributed by atoms with E-state index in [2.05, 4.69) is 0 Å². The van der Waals surface area contributed by atoms with Gasteiger partial charge in [0.1, 0.15) is 5.75 Å². The summed E-state index contributed by atoms with van der Waals surface area (Å²) in [7, 11) is -3.73. The molecule has 0 amide bonds. The number of aliphatic carboxylic acids is 2. The molecular weight excluding hydrogens is 727 g/mol. The molecule has 0 heterocycles. The number of ether oxygens (including phenoxy) is 3. The third-order valence-electron chi connectivity index (χ3n) is 7.66. The van der Waals surface area contributed by atoms with Crippen molar-refractivity contribution < 1.29 is 42.4 Å². The van der Waals surface area contributed by atoms with Crippen LogP contribution in [0.25, 0.3) is 6.08 Å². The Morgan fingerprint density at radius 3 is 2.00 bits per heavy atom. The molecule has 9 nitrogen and oxygen atoms in total. The number of hydrogen-bond acceptors (Lipinski definition) is 7. The average Bonchev–Trinajstić information content (AvgIpc) is 3.12. The van der Waals surface area contributed by atoms with Crippen LogP contribution in [0.3, 0.4) is 0 Å². The van der Waals surface area contributed by atoms with Crippen LogP contribution in [0.4, 0.5) is 0 Å². The van der Waals surface area contributed by atoms with Crippen molar-refractivity contribution in [3.8, 4) is 5.75 Å². The monoisotopic (exact) mass is 770 g/mol. The molecular formula is C40H44Cl2O9S. The van der Waals surface area contributed by atoms with E-state index in [0.717, 1.165) is 22.3 Å². The zero-order valence-electron chi connectivity index (χ0n) is 28.9. The lowest BCUT2D eigenvalue weighted by Gasteiger charge is -2.15. The summed E-state index contributed by atoms with van der Waals surface area (Å²) in [6, 6.07) is 31.1. The molecule has 0 saturated carbocycles. The van der Waals surface area contributed by atoms with Crippen molar-refractivity contribution in [2.75, 3.05) is 25.6 Å². The van der Waals surface area contributed by atoms with Gasteiger partial charge < -0.3 is 24.4 Å². The van der Waals surface area contributed by atoms with Gasteiger partial charge in [0, 0.05) is 23.1 Å². The number of carbonyl (C=O) groups is 2. The van der Waals surface area contributed by atoms with Gasteiger partial charge >= 0.3 is 11.9 Å². The molecule has 4 rings (SSSR count). The lowest BCUT2D eigenvalue weighted by molar-refractivity contribution is -0.146. The molecule has 0 aliphatic carbocycles. The van der Waals surface area contributed by atoms with Crippen molar-refractivity contribution in [2.45, 2.75) is 50.6 Å². The second-order valence-corrected chi connectivity index (χ2v) is 15.0. The minimum absolute atomic E-state index is 0.0348. The van der Waals surface area contributed by atoms with E-state index in [1.165, 1.54) is 0 Å². The zero-order valence-corrected chi connectivity index (χ0v) is 31.2. The average molecular weight is 772 g/mol. The highest BCUT2D eigenvalue weighted by Gasteiger charge is 2.31. The number of rotatable bonds is 20. The molecule has 0 radical (unpaired) electrons. The minimum atomic E-state index is -3.73. The van der Waals surface area contributed by atoms with E-state index in [1.54, 1.807) is 24.3 Å². The molecule has 2 unspecified atom stereocenters. The van der Waals surface area contributed by atoms with Crippen LogP contribution in [-0.4, -0.2) is 67.5 Å². The Hall–Kier alpha value is -4.19. The van der Waals surface area contributed by atoms with Crippen molar-refractivity contribution in [1.82, 2.24) is 0 Å². The van der Waals surface area contributed by atoms with Gasteiger partial charge in [0.15, 0.2) is 21.2 Å². The third-order valence-corrected chi connectivity index (χ3v) is 10.2. The predicted octanol–water partition coefficient (Wildman–Crippen LogP) is 8.35. The fourth-order valence-electron chi connectivity index (χ4n) is 4.76. The maximum Gasteiger partial charge on any atom is 0.344 e. The molecule has 0 fully saturated rings. The molecule has 0 aromatic heterocycles. The summed E-state index contributed by atoms with van der Waals surface area (Å²) in [4.78, 5) is 22.7. The van der Waals surface area contributed by atoms with Crippen LogP contribution in [0.5, 0.6) is 5.75 Å². The quantitative estimate of drug-likeness (QED) is 0.0850. The molecule has 4 aromatic carbocycles. The molecule has 0 saturated heterocycles. The largest absolute Gasteiger partial charge is 0.480 e. The van der Waals surface area contributed by atoms with E-state index in [9.17, 15) is 28.2 Å². The second kappa shape index (κ2) is 22.7. The Kier molecular flexibility index (Phi) is 18.4. The highest BCUT2D eigenvalue weighted by Crippen LogP contribution is 2.17. The van der Waals surface area contributed by atoms with Crippen molar-refractivity contribution >= 4 is 51.1 Å². The number of aryl methyl sites for hydroxylation is 2. The Balaban J connectivity index is 0.000000281. The molecule has 52 heavy (non-hydrogen) atoms. The van der Waals surface area contributed by atoms with Gasteiger partial charge in [-0.1, -0.05) is 108 Å². The summed E-state index contributed by atoms with van der Waals surface area (Å²) in [6.45, 7) is 3.33. The zero-order chi connectivity index (χ0) is 37.8. The first kappa shape index (κ1) is 42.2. The SMILES string of the molecule is Cc1ccc(OC(CCOCC=Cc2ccc(Cl)cc2)C(=O)O)cc1.O=C(O)C(CCCOCc1ccc(Cl)cc1)S(=O)(=O)CCc1ccccc1. The highest BCUT2D eigenvalue weighted by atomic mass is 35.5. The van der Waals surface area contributed by atoms with Gasteiger partial charge in [-0.25, -0.2) is 13.2 Å². The molecule has 0 bridgehead atoms. The second-order valence-electron chi connectivity index (χ2n) is 11.8. The van der Waals surface area contributed by atoms with E-state index >= 15 is 0 Å². The summed E-state index contributed by atoms with van der Waals surface area (Å²) in [5.41, 5.74) is 3.94. The molecule has 2 atom stereocenters. The Labute approximate surface area is 315 Å². The minimum Gasteiger partial charge on any atom is -0.480 e. The molecule has 0 spiro atoms. The van der Waals surface area contributed by atoms with Gasteiger partial charge in [0.05, 0.1) is 25.6 Å². The normalized spacial score (nSPS) is 12.4. The lowest BCUT2D eigenvalue weighted by Crippen LogP contribution is -2.33. The topological polar surface area (TPSA) is 136 Å². The Morgan fingerprint density at radius 1 is 0.750 bits per heavy atom. The maximum atomic E-state index is 12.4. The Bertz CT molecular complexity index is 1780. The fraction of sp³-hybridized carbons (Fsp3) is 0.300. The van der Waals surface area contributed by atoms with Crippen LogP contribution in [0.2, 0.25) is 10.0 Å². The molecule has 4 aromatic rings. The van der Waals surface area contributed by atoms with Crippen molar-refractivity contribution in [3.63, 3.8) is 0 Å². The summed E-state index contributed by atoms with van der Waals surface area (Å²) >= 11 is 11.6. The first-order valence-electron chi connectivity index (χ1n) is 16.7. The van der Waals surface area contributed by atoms with Gasteiger partial charge in [-0.2, -0.15) is 0 Å². The first-order valence-corrected chi connectivity index (χ1v) is 19.2.